The van der Waals surface area contributed by atoms with E-state index in [-0.39, 0.29) is 17.1 Å². The summed E-state index contributed by atoms with van der Waals surface area (Å²) in [6.45, 7) is 2.02. The summed E-state index contributed by atoms with van der Waals surface area (Å²) in [6, 6.07) is 14.9. The lowest BCUT2D eigenvalue weighted by Gasteiger charge is -2.14. The maximum atomic E-state index is 13.7. The molecule has 2 heterocycles. The number of fused-ring (bicyclic) bond motifs is 3. The zero-order valence-electron chi connectivity index (χ0n) is 17.6. The number of thiophene rings is 1. The molecule has 5 rings (SSSR count). The van der Waals surface area contributed by atoms with E-state index in [1.807, 2.05) is 31.2 Å². The Hall–Kier alpha value is -2.41. The number of halogens is 1. The Balaban J connectivity index is 1.61. The molecule has 0 unspecified atom stereocenters. The second-order valence-electron chi connectivity index (χ2n) is 7.95. The minimum Gasteiger partial charge on any atom is -0.293 e. The van der Waals surface area contributed by atoms with Crippen LogP contribution in [0.3, 0.4) is 0 Å². The van der Waals surface area contributed by atoms with E-state index in [0.717, 1.165) is 47.2 Å². The fourth-order valence-electron chi connectivity index (χ4n) is 4.10. The van der Waals surface area contributed by atoms with E-state index in [9.17, 15) is 9.59 Å². The molecule has 1 aliphatic rings. The molecule has 7 heteroatoms. The highest BCUT2D eigenvalue weighted by Gasteiger charge is 2.23. The van der Waals surface area contributed by atoms with Gasteiger partial charge in [0.1, 0.15) is 4.83 Å². The van der Waals surface area contributed by atoms with E-state index < -0.39 is 0 Å². The molecular weight excluding hydrogens is 460 g/mol. The number of thioether (sulfide) groups is 1. The number of carbonyl (C=O) groups is 1. The largest absolute Gasteiger partial charge is 0.293 e. The van der Waals surface area contributed by atoms with Gasteiger partial charge in [0.15, 0.2) is 10.9 Å². The summed E-state index contributed by atoms with van der Waals surface area (Å²) < 4.78 is 1.66. The van der Waals surface area contributed by atoms with Crippen LogP contribution in [0.25, 0.3) is 15.9 Å². The van der Waals surface area contributed by atoms with E-state index in [0.29, 0.717) is 15.7 Å². The van der Waals surface area contributed by atoms with Gasteiger partial charge < -0.3 is 0 Å². The van der Waals surface area contributed by atoms with Crippen molar-refractivity contribution >= 4 is 50.7 Å². The zero-order chi connectivity index (χ0) is 22.2. The SMILES string of the molecule is Cc1ccc(-n2c(SCC(=O)c3ccccc3Cl)nc3sc4c(c3c2=O)CCCC4)cc1. The molecule has 0 spiro atoms. The van der Waals surface area contributed by atoms with Crippen LogP contribution in [-0.2, 0) is 12.8 Å². The minimum atomic E-state index is -0.0872. The van der Waals surface area contributed by atoms with Crippen LogP contribution in [0, 0.1) is 6.92 Å². The lowest BCUT2D eigenvalue weighted by Crippen LogP contribution is -2.22. The predicted octanol–water partition coefficient (Wildman–Crippen LogP) is 6.26. The zero-order valence-corrected chi connectivity index (χ0v) is 19.9. The number of ketones is 1. The molecule has 0 aliphatic heterocycles. The summed E-state index contributed by atoms with van der Waals surface area (Å²) in [5.41, 5.74) is 3.48. The first-order valence-electron chi connectivity index (χ1n) is 10.6. The smallest absolute Gasteiger partial charge is 0.267 e. The second kappa shape index (κ2) is 8.85. The number of aromatic nitrogens is 2. The van der Waals surface area contributed by atoms with Gasteiger partial charge in [-0.15, -0.1) is 11.3 Å². The van der Waals surface area contributed by atoms with Gasteiger partial charge in [-0.2, -0.15) is 0 Å². The first kappa shape index (κ1) is 21.4. The lowest BCUT2D eigenvalue weighted by atomic mass is 9.97. The summed E-state index contributed by atoms with van der Waals surface area (Å²) in [5, 5.41) is 1.71. The van der Waals surface area contributed by atoms with E-state index in [2.05, 4.69) is 0 Å². The first-order chi connectivity index (χ1) is 15.5. The molecule has 2 aromatic heterocycles. The molecule has 0 atom stereocenters. The molecular formula is C25H21ClN2O2S2. The fourth-order valence-corrected chi connectivity index (χ4v) is 6.54. The number of hydrogen-bond donors (Lipinski definition) is 0. The summed E-state index contributed by atoms with van der Waals surface area (Å²) in [4.78, 5) is 33.5. The summed E-state index contributed by atoms with van der Waals surface area (Å²) in [5.74, 6) is 0.0643. The van der Waals surface area contributed by atoms with E-state index in [4.69, 9.17) is 16.6 Å². The summed E-state index contributed by atoms with van der Waals surface area (Å²) >= 11 is 9.11. The van der Waals surface area contributed by atoms with Crippen molar-refractivity contribution < 1.29 is 4.79 Å². The molecule has 2 aromatic carbocycles. The van der Waals surface area contributed by atoms with Crippen molar-refractivity contribution in [1.82, 2.24) is 9.55 Å². The van der Waals surface area contributed by atoms with Crippen molar-refractivity contribution in [2.45, 2.75) is 37.8 Å². The quantitative estimate of drug-likeness (QED) is 0.192. The Bertz CT molecular complexity index is 1390. The fraction of sp³-hybridized carbons (Fsp3) is 0.240. The average molecular weight is 481 g/mol. The van der Waals surface area contributed by atoms with Crippen LogP contribution in [0.15, 0.2) is 58.5 Å². The van der Waals surface area contributed by atoms with Crippen LogP contribution in [0.2, 0.25) is 5.02 Å². The number of carbonyl (C=O) groups excluding carboxylic acids is 1. The Morgan fingerprint density at radius 1 is 1.12 bits per heavy atom. The molecule has 0 saturated carbocycles. The van der Waals surface area contributed by atoms with Crippen LogP contribution in [0.5, 0.6) is 0 Å². The topological polar surface area (TPSA) is 52.0 Å². The van der Waals surface area contributed by atoms with Crippen molar-refractivity contribution in [2.24, 2.45) is 0 Å². The monoisotopic (exact) mass is 480 g/mol. The van der Waals surface area contributed by atoms with Crippen LogP contribution >= 0.6 is 34.7 Å². The van der Waals surface area contributed by atoms with Crippen LogP contribution in [0.1, 0.15) is 39.2 Å². The number of aryl methyl sites for hydroxylation is 3. The first-order valence-corrected chi connectivity index (χ1v) is 12.8. The van der Waals surface area contributed by atoms with Gasteiger partial charge in [0.2, 0.25) is 0 Å². The van der Waals surface area contributed by atoms with Crippen LogP contribution < -0.4 is 5.56 Å². The standard InChI is InChI=1S/C25H21ClN2O2S2/c1-15-10-12-16(13-11-15)28-24(30)22-18-7-3-5-9-21(18)32-23(22)27-25(28)31-14-20(29)17-6-2-4-8-19(17)26/h2,4,6,8,10-13H,3,5,7,9,14H2,1H3. The number of Topliss-reactive ketones (excluding diaryl/α,β-unsaturated/α-hetero) is 1. The van der Waals surface area contributed by atoms with Gasteiger partial charge in [-0.05, 0) is 62.4 Å². The molecule has 162 valence electrons. The molecule has 4 aromatic rings. The third-order valence-electron chi connectivity index (χ3n) is 5.76. The van der Waals surface area contributed by atoms with E-state index >= 15 is 0 Å². The van der Waals surface area contributed by atoms with Crippen LogP contribution in [0.4, 0.5) is 0 Å². The molecule has 0 fully saturated rings. The number of rotatable bonds is 5. The van der Waals surface area contributed by atoms with Crippen molar-refractivity contribution in [1.29, 1.82) is 0 Å². The van der Waals surface area contributed by atoms with Gasteiger partial charge in [0, 0.05) is 10.4 Å². The van der Waals surface area contributed by atoms with Gasteiger partial charge in [0.05, 0.1) is 21.8 Å². The van der Waals surface area contributed by atoms with Crippen molar-refractivity contribution in [3.63, 3.8) is 0 Å². The van der Waals surface area contributed by atoms with Crippen molar-refractivity contribution in [3.8, 4) is 5.69 Å². The van der Waals surface area contributed by atoms with Gasteiger partial charge in [0.25, 0.3) is 5.56 Å². The number of benzene rings is 2. The average Bonchev–Trinajstić information content (AvgIpc) is 3.17. The lowest BCUT2D eigenvalue weighted by molar-refractivity contribution is 0.102. The predicted molar refractivity (Wildman–Crippen MR) is 133 cm³/mol. The van der Waals surface area contributed by atoms with Crippen LogP contribution in [-0.4, -0.2) is 21.1 Å². The molecule has 0 saturated heterocycles. The highest BCUT2D eigenvalue weighted by molar-refractivity contribution is 7.99. The molecule has 0 bridgehead atoms. The maximum absolute atomic E-state index is 13.7. The van der Waals surface area contributed by atoms with E-state index in [1.54, 1.807) is 40.2 Å². The highest BCUT2D eigenvalue weighted by Crippen LogP contribution is 2.35. The van der Waals surface area contributed by atoms with Gasteiger partial charge in [-0.1, -0.05) is 53.2 Å². The highest BCUT2D eigenvalue weighted by atomic mass is 35.5. The van der Waals surface area contributed by atoms with Gasteiger partial charge in [-0.25, -0.2) is 4.98 Å². The molecule has 32 heavy (non-hydrogen) atoms. The molecule has 0 N–H and O–H groups in total. The van der Waals surface area contributed by atoms with Crippen molar-refractivity contribution in [2.75, 3.05) is 5.75 Å². The minimum absolute atomic E-state index is 0.0501. The molecule has 0 radical (unpaired) electrons. The Morgan fingerprint density at radius 2 is 1.88 bits per heavy atom. The molecule has 1 aliphatic carbocycles. The van der Waals surface area contributed by atoms with Crippen molar-refractivity contribution in [3.05, 3.63) is 85.5 Å². The summed E-state index contributed by atoms with van der Waals surface area (Å²) in [7, 11) is 0. The third-order valence-corrected chi connectivity index (χ3v) is 8.21. The molecule has 0 amide bonds. The Kier molecular flexibility index (Phi) is 5.93. The molecule has 4 nitrogen and oxygen atoms in total. The normalized spacial score (nSPS) is 13.3. The third kappa shape index (κ3) is 3.91. The van der Waals surface area contributed by atoms with Gasteiger partial charge >= 0.3 is 0 Å². The number of nitrogens with zero attached hydrogens (tertiary/aromatic N) is 2. The summed E-state index contributed by atoms with van der Waals surface area (Å²) in [6.07, 6.45) is 4.19. The Labute approximate surface area is 199 Å². The van der Waals surface area contributed by atoms with Gasteiger partial charge in [-0.3, -0.25) is 14.2 Å². The maximum Gasteiger partial charge on any atom is 0.267 e. The van der Waals surface area contributed by atoms with E-state index in [1.165, 1.54) is 22.2 Å². The number of hydrogen-bond acceptors (Lipinski definition) is 5. The second-order valence-corrected chi connectivity index (χ2v) is 10.4. The Morgan fingerprint density at radius 3 is 2.66 bits per heavy atom.